The normalized spacial score (nSPS) is 10.5. The minimum Gasteiger partial charge on any atom is -0.459 e. The maximum absolute atomic E-state index is 13.8. The van der Waals surface area contributed by atoms with Gasteiger partial charge < -0.3 is 15.1 Å². The average molecular weight is 342 g/mol. The second-order valence-corrected chi connectivity index (χ2v) is 5.47. The van der Waals surface area contributed by atoms with Gasteiger partial charge in [0.1, 0.15) is 23.2 Å². The van der Waals surface area contributed by atoms with Crippen LogP contribution < -0.4 is 10.6 Å². The number of halogens is 2. The van der Waals surface area contributed by atoms with E-state index in [0.29, 0.717) is 18.0 Å². The molecule has 0 aliphatic carbocycles. The monoisotopic (exact) mass is 342 g/mol. The minimum atomic E-state index is -0.664. The van der Waals surface area contributed by atoms with Gasteiger partial charge in [-0.25, -0.2) is 8.78 Å². The smallest absolute Gasteiger partial charge is 0.221 e. The fraction of sp³-hybridized carbons (Fsp3) is 0.105. The van der Waals surface area contributed by atoms with Gasteiger partial charge in [0.05, 0.1) is 12.1 Å². The molecule has 0 unspecified atom stereocenters. The van der Waals surface area contributed by atoms with Crippen molar-refractivity contribution < 1.29 is 18.0 Å². The Kier molecular flexibility index (Phi) is 4.79. The first kappa shape index (κ1) is 16.7. The van der Waals surface area contributed by atoms with Gasteiger partial charge in [0, 0.05) is 18.3 Å². The fourth-order valence-electron chi connectivity index (χ4n) is 2.40. The lowest BCUT2D eigenvalue weighted by atomic mass is 10.1. The number of benzene rings is 2. The summed E-state index contributed by atoms with van der Waals surface area (Å²) < 4.78 is 33.1. The highest BCUT2D eigenvalue weighted by Crippen LogP contribution is 2.28. The Labute approximate surface area is 143 Å². The van der Waals surface area contributed by atoms with Crippen molar-refractivity contribution in [2.45, 2.75) is 13.5 Å². The molecule has 4 nitrogen and oxygen atoms in total. The summed E-state index contributed by atoms with van der Waals surface area (Å²) in [6, 6.07) is 14.1. The summed E-state index contributed by atoms with van der Waals surface area (Å²) in [6.07, 6.45) is 0. The quantitative estimate of drug-likeness (QED) is 0.700. The van der Waals surface area contributed by atoms with Crippen LogP contribution in [0.2, 0.25) is 0 Å². The summed E-state index contributed by atoms with van der Waals surface area (Å²) >= 11 is 0. The zero-order chi connectivity index (χ0) is 17.8. The Bertz CT molecular complexity index is 868. The van der Waals surface area contributed by atoms with Gasteiger partial charge in [-0.1, -0.05) is 6.07 Å². The zero-order valence-corrected chi connectivity index (χ0v) is 13.5. The molecule has 0 fully saturated rings. The van der Waals surface area contributed by atoms with Crippen LogP contribution in [0.5, 0.6) is 0 Å². The van der Waals surface area contributed by atoms with Crippen LogP contribution in [0.25, 0.3) is 11.3 Å². The summed E-state index contributed by atoms with van der Waals surface area (Å²) in [4.78, 5) is 11.0. The molecule has 25 heavy (non-hydrogen) atoms. The molecule has 128 valence electrons. The molecule has 1 amide bonds. The first-order chi connectivity index (χ1) is 12.0. The van der Waals surface area contributed by atoms with E-state index in [0.717, 1.165) is 5.69 Å². The number of carbonyl (C=O) groups excluding carboxylic acids is 1. The standard InChI is InChI=1S/C19H16F2N2O2/c1-12(24)23-14-7-5-13(6-8-14)22-11-15-9-10-18(25-15)19-16(20)3-2-4-17(19)21/h2-10,22H,11H2,1H3,(H,23,24). The van der Waals surface area contributed by atoms with Crippen LogP contribution in [0.4, 0.5) is 20.2 Å². The molecule has 0 aliphatic rings. The summed E-state index contributed by atoms with van der Waals surface area (Å²) in [5.74, 6) is -0.772. The molecule has 6 heteroatoms. The molecular weight excluding hydrogens is 326 g/mol. The first-order valence-electron chi connectivity index (χ1n) is 7.67. The Morgan fingerprint density at radius 1 is 0.960 bits per heavy atom. The van der Waals surface area contributed by atoms with E-state index in [1.165, 1.54) is 25.1 Å². The molecule has 3 aromatic rings. The van der Waals surface area contributed by atoms with Crippen LogP contribution >= 0.6 is 0 Å². The molecule has 0 spiro atoms. The van der Waals surface area contributed by atoms with E-state index < -0.39 is 11.6 Å². The number of nitrogens with one attached hydrogen (secondary N) is 2. The van der Waals surface area contributed by atoms with E-state index >= 15 is 0 Å². The topological polar surface area (TPSA) is 54.3 Å². The van der Waals surface area contributed by atoms with Crippen molar-refractivity contribution in [3.63, 3.8) is 0 Å². The number of hydrogen-bond donors (Lipinski definition) is 2. The highest BCUT2D eigenvalue weighted by Gasteiger charge is 2.14. The van der Waals surface area contributed by atoms with Crippen LogP contribution in [0.3, 0.4) is 0 Å². The summed E-state index contributed by atoms with van der Waals surface area (Å²) in [7, 11) is 0. The van der Waals surface area contributed by atoms with Crippen molar-refractivity contribution in [3.8, 4) is 11.3 Å². The van der Waals surface area contributed by atoms with Crippen LogP contribution in [-0.4, -0.2) is 5.91 Å². The van der Waals surface area contributed by atoms with Crippen molar-refractivity contribution in [3.05, 3.63) is 72.0 Å². The van der Waals surface area contributed by atoms with Crippen molar-refractivity contribution in [2.24, 2.45) is 0 Å². The SMILES string of the molecule is CC(=O)Nc1ccc(NCc2ccc(-c3c(F)cccc3F)o2)cc1. The van der Waals surface area contributed by atoms with E-state index in [1.807, 2.05) is 12.1 Å². The van der Waals surface area contributed by atoms with Crippen LogP contribution in [0, 0.1) is 11.6 Å². The lowest BCUT2D eigenvalue weighted by Crippen LogP contribution is -2.05. The zero-order valence-electron chi connectivity index (χ0n) is 13.5. The van der Waals surface area contributed by atoms with Crippen molar-refractivity contribution >= 4 is 17.3 Å². The number of furan rings is 1. The predicted octanol–water partition coefficient (Wildman–Crippen LogP) is 4.80. The summed E-state index contributed by atoms with van der Waals surface area (Å²) in [6.45, 7) is 1.80. The lowest BCUT2D eigenvalue weighted by Gasteiger charge is -2.07. The third-order valence-corrected chi connectivity index (χ3v) is 3.54. The van der Waals surface area contributed by atoms with E-state index in [4.69, 9.17) is 4.42 Å². The van der Waals surface area contributed by atoms with Crippen LogP contribution in [0.15, 0.2) is 59.0 Å². The van der Waals surface area contributed by atoms with Crippen LogP contribution in [-0.2, 0) is 11.3 Å². The van der Waals surface area contributed by atoms with Gasteiger partial charge >= 0.3 is 0 Å². The molecule has 0 atom stereocenters. The van der Waals surface area contributed by atoms with E-state index in [1.54, 1.807) is 24.3 Å². The van der Waals surface area contributed by atoms with E-state index in [-0.39, 0.29) is 17.2 Å². The highest BCUT2D eigenvalue weighted by molar-refractivity contribution is 5.88. The van der Waals surface area contributed by atoms with E-state index in [9.17, 15) is 13.6 Å². The number of anilines is 2. The molecule has 3 rings (SSSR count). The third kappa shape index (κ3) is 4.03. The highest BCUT2D eigenvalue weighted by atomic mass is 19.1. The summed E-state index contributed by atoms with van der Waals surface area (Å²) in [5, 5.41) is 5.82. The van der Waals surface area contributed by atoms with Gasteiger partial charge in [0.2, 0.25) is 5.91 Å². The average Bonchev–Trinajstić information content (AvgIpc) is 3.02. The van der Waals surface area contributed by atoms with Gasteiger partial charge in [-0.3, -0.25) is 4.79 Å². The van der Waals surface area contributed by atoms with Gasteiger partial charge in [-0.2, -0.15) is 0 Å². The molecule has 0 saturated heterocycles. The molecular formula is C19H16F2N2O2. The van der Waals surface area contributed by atoms with Gasteiger partial charge in [-0.05, 0) is 48.5 Å². The van der Waals surface area contributed by atoms with Gasteiger partial charge in [0.25, 0.3) is 0 Å². The molecule has 2 N–H and O–H groups in total. The number of amides is 1. The molecule has 0 aliphatic heterocycles. The molecule has 0 bridgehead atoms. The molecule has 0 radical (unpaired) electrons. The third-order valence-electron chi connectivity index (χ3n) is 3.54. The number of rotatable bonds is 5. The number of hydrogen-bond acceptors (Lipinski definition) is 3. The van der Waals surface area contributed by atoms with Gasteiger partial charge in [0.15, 0.2) is 0 Å². The van der Waals surface area contributed by atoms with E-state index in [2.05, 4.69) is 10.6 Å². The fourth-order valence-corrected chi connectivity index (χ4v) is 2.40. The Balaban J connectivity index is 1.67. The maximum Gasteiger partial charge on any atom is 0.221 e. The molecule has 0 saturated carbocycles. The Hall–Kier alpha value is -3.15. The van der Waals surface area contributed by atoms with Crippen molar-refractivity contribution in [2.75, 3.05) is 10.6 Å². The second-order valence-electron chi connectivity index (χ2n) is 5.47. The molecule has 1 aromatic heterocycles. The molecule has 2 aromatic carbocycles. The minimum absolute atomic E-state index is 0.135. The first-order valence-corrected chi connectivity index (χ1v) is 7.67. The second kappa shape index (κ2) is 7.17. The van der Waals surface area contributed by atoms with Crippen molar-refractivity contribution in [1.82, 2.24) is 0 Å². The molecule has 1 heterocycles. The maximum atomic E-state index is 13.8. The summed E-state index contributed by atoms with van der Waals surface area (Å²) in [5.41, 5.74) is 1.35. The Morgan fingerprint density at radius 3 is 2.24 bits per heavy atom. The largest absolute Gasteiger partial charge is 0.459 e. The van der Waals surface area contributed by atoms with Gasteiger partial charge in [-0.15, -0.1) is 0 Å². The Morgan fingerprint density at radius 2 is 1.60 bits per heavy atom. The van der Waals surface area contributed by atoms with Crippen LogP contribution in [0.1, 0.15) is 12.7 Å². The number of carbonyl (C=O) groups is 1. The predicted molar refractivity (Wildman–Crippen MR) is 92.1 cm³/mol. The van der Waals surface area contributed by atoms with Crippen molar-refractivity contribution in [1.29, 1.82) is 0 Å². The lowest BCUT2D eigenvalue weighted by molar-refractivity contribution is -0.114.